The molecule has 0 bridgehead atoms. The fraction of sp³-hybridized carbons (Fsp3) is 0.625. The van der Waals surface area contributed by atoms with Crippen LogP contribution in [0.4, 0.5) is 0 Å². The van der Waals surface area contributed by atoms with Crippen LogP contribution in [0.1, 0.15) is 32.3 Å². The maximum atomic E-state index is 6.75. The van der Waals surface area contributed by atoms with Crippen LogP contribution in [0, 0.1) is 0 Å². The molecule has 0 amide bonds. The Morgan fingerprint density at radius 3 is 2.15 bits per heavy atom. The van der Waals surface area contributed by atoms with Crippen LogP contribution in [-0.2, 0) is 5.54 Å². The van der Waals surface area contributed by atoms with Crippen molar-refractivity contribution in [2.24, 2.45) is 5.73 Å². The third-order valence-electron chi connectivity index (χ3n) is 4.11. The Hall–Kier alpha value is -1.26. The summed E-state index contributed by atoms with van der Waals surface area (Å²) < 4.78 is 10.7. The largest absolute Gasteiger partial charge is 0.493 e. The van der Waals surface area contributed by atoms with Gasteiger partial charge in [0.15, 0.2) is 11.5 Å². The highest BCUT2D eigenvalue weighted by Gasteiger charge is 2.35. The average Bonchev–Trinajstić information content (AvgIpc) is 2.46. The zero-order chi connectivity index (χ0) is 15.3. The molecule has 0 aliphatic rings. The van der Waals surface area contributed by atoms with E-state index in [0.717, 1.165) is 29.9 Å². The lowest BCUT2D eigenvalue weighted by molar-refractivity contribution is 0.164. The summed E-state index contributed by atoms with van der Waals surface area (Å²) in [6.07, 6.45) is 1.85. The van der Waals surface area contributed by atoms with Crippen molar-refractivity contribution in [3.05, 3.63) is 23.8 Å². The van der Waals surface area contributed by atoms with Crippen molar-refractivity contribution in [3.63, 3.8) is 0 Å². The maximum Gasteiger partial charge on any atom is 0.161 e. The van der Waals surface area contributed by atoms with E-state index in [1.165, 1.54) is 0 Å². The summed E-state index contributed by atoms with van der Waals surface area (Å²) in [6, 6.07) is 6.23. The molecule has 0 aliphatic carbocycles. The van der Waals surface area contributed by atoms with Gasteiger partial charge in [-0.05, 0) is 44.6 Å². The standard InChI is InChI=1S/C16H28N2O2/c1-7-15(18(3)4)16(17,8-2)12-9-10-13(19-5)14(11-12)20-6/h9-11,15H,7-8,17H2,1-6H3. The predicted molar refractivity (Wildman–Crippen MR) is 83.5 cm³/mol. The van der Waals surface area contributed by atoms with Gasteiger partial charge in [0.2, 0.25) is 0 Å². The minimum Gasteiger partial charge on any atom is -0.493 e. The molecule has 2 N–H and O–H groups in total. The van der Waals surface area contributed by atoms with Gasteiger partial charge >= 0.3 is 0 Å². The average molecular weight is 280 g/mol. The molecule has 114 valence electrons. The zero-order valence-corrected chi connectivity index (χ0v) is 13.6. The van der Waals surface area contributed by atoms with Crippen LogP contribution in [0.3, 0.4) is 0 Å². The van der Waals surface area contributed by atoms with Crippen LogP contribution in [-0.4, -0.2) is 39.3 Å². The first-order chi connectivity index (χ1) is 9.44. The first-order valence-electron chi connectivity index (χ1n) is 7.12. The maximum absolute atomic E-state index is 6.75. The number of benzene rings is 1. The molecule has 2 unspecified atom stereocenters. The van der Waals surface area contributed by atoms with Crippen LogP contribution in [0.25, 0.3) is 0 Å². The molecular formula is C16H28N2O2. The molecule has 0 saturated carbocycles. The van der Waals surface area contributed by atoms with Gasteiger partial charge in [-0.15, -0.1) is 0 Å². The van der Waals surface area contributed by atoms with Crippen molar-refractivity contribution in [1.29, 1.82) is 0 Å². The minimum absolute atomic E-state index is 0.269. The molecule has 0 spiro atoms. The van der Waals surface area contributed by atoms with Gasteiger partial charge in [0.25, 0.3) is 0 Å². The molecule has 0 aliphatic heterocycles. The molecule has 2 atom stereocenters. The van der Waals surface area contributed by atoms with E-state index in [1.807, 2.05) is 18.2 Å². The lowest BCUT2D eigenvalue weighted by Gasteiger charge is -2.41. The molecule has 0 heterocycles. The Bertz CT molecular complexity index is 434. The number of ether oxygens (including phenoxy) is 2. The second kappa shape index (κ2) is 6.95. The number of hydrogen-bond acceptors (Lipinski definition) is 4. The molecule has 1 aromatic carbocycles. The van der Waals surface area contributed by atoms with Crippen molar-refractivity contribution in [2.45, 2.75) is 38.3 Å². The normalized spacial score (nSPS) is 15.8. The number of rotatable bonds is 7. The third-order valence-corrected chi connectivity index (χ3v) is 4.11. The van der Waals surface area contributed by atoms with Crippen LogP contribution in [0.5, 0.6) is 11.5 Å². The van der Waals surface area contributed by atoms with E-state index in [4.69, 9.17) is 15.2 Å². The van der Waals surface area contributed by atoms with E-state index in [9.17, 15) is 0 Å². The quantitative estimate of drug-likeness (QED) is 0.834. The molecule has 0 fully saturated rings. The van der Waals surface area contributed by atoms with E-state index < -0.39 is 5.54 Å². The highest BCUT2D eigenvalue weighted by atomic mass is 16.5. The van der Waals surface area contributed by atoms with E-state index in [1.54, 1.807) is 14.2 Å². The first kappa shape index (κ1) is 16.8. The minimum atomic E-state index is -0.405. The van der Waals surface area contributed by atoms with Gasteiger partial charge in [0.1, 0.15) is 0 Å². The summed E-state index contributed by atoms with van der Waals surface area (Å²) in [5.74, 6) is 1.45. The molecule has 0 saturated heterocycles. The molecular weight excluding hydrogens is 252 g/mol. The number of likely N-dealkylation sites (N-methyl/N-ethyl adjacent to an activating group) is 1. The molecule has 1 aromatic rings. The van der Waals surface area contributed by atoms with Crippen molar-refractivity contribution in [2.75, 3.05) is 28.3 Å². The van der Waals surface area contributed by atoms with Gasteiger partial charge in [-0.1, -0.05) is 19.9 Å². The second-order valence-corrected chi connectivity index (χ2v) is 5.35. The summed E-state index contributed by atoms with van der Waals surface area (Å²) in [6.45, 7) is 4.30. The van der Waals surface area contributed by atoms with Crippen LogP contribution < -0.4 is 15.2 Å². The topological polar surface area (TPSA) is 47.7 Å². The Morgan fingerprint density at radius 1 is 1.15 bits per heavy atom. The van der Waals surface area contributed by atoms with Gasteiger partial charge in [-0.2, -0.15) is 0 Å². The molecule has 20 heavy (non-hydrogen) atoms. The van der Waals surface area contributed by atoms with Crippen LogP contribution >= 0.6 is 0 Å². The SMILES string of the molecule is CCC(N(C)C)C(N)(CC)c1ccc(OC)c(OC)c1. The van der Waals surface area contributed by atoms with Crippen molar-refractivity contribution < 1.29 is 9.47 Å². The number of nitrogens with two attached hydrogens (primary N) is 1. The summed E-state index contributed by atoms with van der Waals surface area (Å²) >= 11 is 0. The fourth-order valence-corrected chi connectivity index (χ4v) is 2.95. The molecule has 4 nitrogen and oxygen atoms in total. The van der Waals surface area contributed by atoms with E-state index in [0.29, 0.717) is 0 Å². The van der Waals surface area contributed by atoms with Gasteiger partial charge in [0, 0.05) is 6.04 Å². The molecule has 1 rings (SSSR count). The zero-order valence-electron chi connectivity index (χ0n) is 13.6. The first-order valence-corrected chi connectivity index (χ1v) is 7.12. The van der Waals surface area contributed by atoms with Gasteiger partial charge in [-0.3, -0.25) is 0 Å². The fourth-order valence-electron chi connectivity index (χ4n) is 2.95. The van der Waals surface area contributed by atoms with Gasteiger partial charge < -0.3 is 20.1 Å². The van der Waals surface area contributed by atoms with Crippen molar-refractivity contribution >= 4 is 0 Å². The number of nitrogens with zero attached hydrogens (tertiary/aromatic N) is 1. The Balaban J connectivity index is 3.30. The van der Waals surface area contributed by atoms with Crippen molar-refractivity contribution in [1.82, 2.24) is 4.90 Å². The summed E-state index contributed by atoms with van der Waals surface area (Å²) in [5.41, 5.74) is 7.43. The van der Waals surface area contributed by atoms with Crippen LogP contribution in [0.2, 0.25) is 0 Å². The van der Waals surface area contributed by atoms with E-state index >= 15 is 0 Å². The summed E-state index contributed by atoms with van der Waals surface area (Å²) in [4.78, 5) is 2.19. The molecule has 4 heteroatoms. The van der Waals surface area contributed by atoms with Crippen molar-refractivity contribution in [3.8, 4) is 11.5 Å². The summed E-state index contributed by atoms with van der Waals surface area (Å²) in [5, 5.41) is 0. The van der Waals surface area contributed by atoms with E-state index in [-0.39, 0.29) is 6.04 Å². The third kappa shape index (κ3) is 3.07. The predicted octanol–water partition coefficient (Wildman–Crippen LogP) is 2.61. The Labute approximate surface area is 122 Å². The van der Waals surface area contributed by atoms with Gasteiger partial charge in [0.05, 0.1) is 19.8 Å². The second-order valence-electron chi connectivity index (χ2n) is 5.35. The van der Waals surface area contributed by atoms with E-state index in [2.05, 4.69) is 32.8 Å². The highest BCUT2D eigenvalue weighted by Crippen LogP contribution is 2.36. The molecule has 0 radical (unpaired) electrons. The highest BCUT2D eigenvalue weighted by molar-refractivity contribution is 5.45. The monoisotopic (exact) mass is 280 g/mol. The number of hydrogen-bond donors (Lipinski definition) is 1. The molecule has 0 aromatic heterocycles. The van der Waals surface area contributed by atoms with Gasteiger partial charge in [-0.25, -0.2) is 0 Å². The Kier molecular flexibility index (Phi) is 5.84. The Morgan fingerprint density at radius 2 is 1.75 bits per heavy atom. The summed E-state index contributed by atoms with van der Waals surface area (Å²) in [7, 11) is 7.44. The smallest absolute Gasteiger partial charge is 0.161 e. The lowest BCUT2D eigenvalue weighted by Crippen LogP contribution is -2.53. The number of methoxy groups -OCH3 is 2. The van der Waals surface area contributed by atoms with Crippen LogP contribution in [0.15, 0.2) is 18.2 Å². The lowest BCUT2D eigenvalue weighted by atomic mass is 9.79.